The molecule has 0 bridgehead atoms. The second kappa shape index (κ2) is 7.26. The third-order valence-electron chi connectivity index (χ3n) is 3.59. The van der Waals surface area contributed by atoms with Gasteiger partial charge < -0.3 is 20.1 Å². The summed E-state index contributed by atoms with van der Waals surface area (Å²) >= 11 is 6.00. The fourth-order valence-corrected chi connectivity index (χ4v) is 2.91. The number of hydrogen-bond donors (Lipinski definition) is 2. The molecule has 2 amide bonds. The molecule has 1 saturated heterocycles. The number of halogens is 2. The lowest BCUT2D eigenvalue weighted by Crippen LogP contribution is -2.53. The lowest BCUT2D eigenvalue weighted by molar-refractivity contribution is -0.0835. The van der Waals surface area contributed by atoms with Crippen molar-refractivity contribution in [1.82, 2.24) is 10.2 Å². The Hall–Kier alpha value is -1.37. The van der Waals surface area contributed by atoms with E-state index in [1.54, 1.807) is 17.9 Å². The zero-order valence-corrected chi connectivity index (χ0v) is 13.3. The molecule has 1 aromatic rings. The van der Waals surface area contributed by atoms with Gasteiger partial charge in [0, 0.05) is 17.1 Å². The van der Waals surface area contributed by atoms with Crippen molar-refractivity contribution in [3.05, 3.63) is 34.6 Å². The summed E-state index contributed by atoms with van der Waals surface area (Å²) in [5.74, 6) is -0.455. The number of aliphatic hydroxyl groups is 1. The molecular formula is C15H20ClFN2O3. The van der Waals surface area contributed by atoms with Gasteiger partial charge in [0.2, 0.25) is 0 Å². The first-order chi connectivity index (χ1) is 10.4. The second-order valence-electron chi connectivity index (χ2n) is 5.46. The van der Waals surface area contributed by atoms with Gasteiger partial charge in [-0.1, -0.05) is 17.7 Å². The number of hydrogen-bond acceptors (Lipinski definition) is 3. The van der Waals surface area contributed by atoms with Crippen LogP contribution in [0.5, 0.6) is 0 Å². The van der Waals surface area contributed by atoms with Gasteiger partial charge in [-0.05, 0) is 26.0 Å². The van der Waals surface area contributed by atoms with Gasteiger partial charge in [0.05, 0.1) is 31.4 Å². The lowest BCUT2D eigenvalue weighted by atomic mass is 10.1. The fraction of sp³-hybridized carbons (Fsp3) is 0.533. The van der Waals surface area contributed by atoms with Gasteiger partial charge in [-0.2, -0.15) is 0 Å². The number of nitrogens with one attached hydrogen (secondary N) is 1. The van der Waals surface area contributed by atoms with E-state index < -0.39 is 18.0 Å². The highest BCUT2D eigenvalue weighted by atomic mass is 35.5. The maximum atomic E-state index is 13.9. The van der Waals surface area contributed by atoms with Crippen molar-refractivity contribution in [1.29, 1.82) is 0 Å². The summed E-state index contributed by atoms with van der Waals surface area (Å²) in [6, 6.07) is 3.52. The van der Waals surface area contributed by atoms with Crippen LogP contribution in [0.25, 0.3) is 0 Å². The summed E-state index contributed by atoms with van der Waals surface area (Å²) in [4.78, 5) is 13.9. The molecule has 3 atom stereocenters. The molecule has 0 radical (unpaired) electrons. The quantitative estimate of drug-likeness (QED) is 0.894. The van der Waals surface area contributed by atoms with Crippen LogP contribution in [0.1, 0.15) is 25.5 Å². The van der Waals surface area contributed by atoms with Crippen LogP contribution < -0.4 is 5.32 Å². The number of ether oxygens (including phenoxy) is 1. The number of amides is 2. The highest BCUT2D eigenvalue weighted by Crippen LogP contribution is 2.25. The molecule has 2 rings (SSSR count). The minimum absolute atomic E-state index is 0.150. The van der Waals surface area contributed by atoms with E-state index in [4.69, 9.17) is 16.3 Å². The normalized spacial score (nSPS) is 23.2. The summed E-state index contributed by atoms with van der Waals surface area (Å²) in [6.07, 6.45) is -0.564. The van der Waals surface area contributed by atoms with E-state index in [2.05, 4.69) is 5.32 Å². The van der Waals surface area contributed by atoms with Crippen LogP contribution in [0.15, 0.2) is 18.2 Å². The summed E-state index contributed by atoms with van der Waals surface area (Å²) in [6.45, 7) is 4.07. The SMILES string of the molecule is C[C@@H]1CN(C(=O)N[C@@H](C)c2c(F)cccc2Cl)C[C@H](CO)O1. The molecule has 0 unspecified atom stereocenters. The van der Waals surface area contributed by atoms with Gasteiger partial charge in [0.1, 0.15) is 5.82 Å². The van der Waals surface area contributed by atoms with E-state index in [9.17, 15) is 14.3 Å². The van der Waals surface area contributed by atoms with Crippen molar-refractivity contribution in [2.24, 2.45) is 0 Å². The van der Waals surface area contributed by atoms with Gasteiger partial charge in [-0.3, -0.25) is 0 Å². The lowest BCUT2D eigenvalue weighted by Gasteiger charge is -2.36. The van der Waals surface area contributed by atoms with Crippen LogP contribution in [-0.4, -0.2) is 47.9 Å². The zero-order chi connectivity index (χ0) is 16.3. The number of carbonyl (C=O) groups excluding carboxylic acids is 1. The summed E-state index contributed by atoms with van der Waals surface area (Å²) in [7, 11) is 0. The summed E-state index contributed by atoms with van der Waals surface area (Å²) < 4.78 is 19.4. The van der Waals surface area contributed by atoms with Crippen LogP contribution in [0, 0.1) is 5.82 Å². The van der Waals surface area contributed by atoms with Crippen molar-refractivity contribution in [3.63, 3.8) is 0 Å². The largest absolute Gasteiger partial charge is 0.394 e. The van der Waals surface area contributed by atoms with E-state index in [0.717, 1.165) is 0 Å². The first-order valence-electron chi connectivity index (χ1n) is 7.18. The van der Waals surface area contributed by atoms with Gasteiger partial charge in [0.15, 0.2) is 0 Å². The molecular weight excluding hydrogens is 311 g/mol. The number of carbonyl (C=O) groups is 1. The topological polar surface area (TPSA) is 61.8 Å². The molecule has 7 heteroatoms. The number of morpholine rings is 1. The van der Waals surface area contributed by atoms with Crippen LogP contribution >= 0.6 is 11.6 Å². The number of aliphatic hydroxyl groups excluding tert-OH is 1. The number of urea groups is 1. The highest BCUT2D eigenvalue weighted by Gasteiger charge is 2.29. The van der Waals surface area contributed by atoms with Crippen molar-refractivity contribution >= 4 is 17.6 Å². The third kappa shape index (κ3) is 3.88. The first-order valence-corrected chi connectivity index (χ1v) is 7.55. The Morgan fingerprint density at radius 1 is 1.59 bits per heavy atom. The highest BCUT2D eigenvalue weighted by molar-refractivity contribution is 6.31. The molecule has 22 heavy (non-hydrogen) atoms. The summed E-state index contributed by atoms with van der Waals surface area (Å²) in [5.41, 5.74) is 0.262. The van der Waals surface area contributed by atoms with Crippen LogP contribution in [0.3, 0.4) is 0 Å². The molecule has 1 aliphatic rings. The standard InChI is InChI=1S/C15H20ClFN2O3/c1-9-6-19(7-11(8-20)22-9)15(21)18-10(2)14-12(16)4-3-5-13(14)17/h3-5,9-11,20H,6-8H2,1-2H3,(H,18,21)/t9-,10+,11-/m1/s1. The number of rotatable bonds is 3. The maximum Gasteiger partial charge on any atom is 0.318 e. The van der Waals surface area contributed by atoms with Gasteiger partial charge in [-0.15, -0.1) is 0 Å². The Kier molecular flexibility index (Phi) is 5.61. The Balaban J connectivity index is 2.05. The van der Waals surface area contributed by atoms with Crippen LogP contribution in [0.2, 0.25) is 5.02 Å². The van der Waals surface area contributed by atoms with Gasteiger partial charge in [0.25, 0.3) is 0 Å². The molecule has 1 heterocycles. The average Bonchev–Trinajstić information content (AvgIpc) is 2.46. The monoisotopic (exact) mass is 330 g/mol. The number of nitrogens with zero attached hydrogens (tertiary/aromatic N) is 1. The smallest absolute Gasteiger partial charge is 0.318 e. The molecule has 5 nitrogen and oxygen atoms in total. The van der Waals surface area contributed by atoms with E-state index in [0.29, 0.717) is 13.1 Å². The molecule has 0 aliphatic carbocycles. The molecule has 0 spiro atoms. The van der Waals surface area contributed by atoms with Crippen LogP contribution in [0.4, 0.5) is 9.18 Å². The van der Waals surface area contributed by atoms with E-state index in [1.807, 2.05) is 6.92 Å². The Morgan fingerprint density at radius 2 is 2.32 bits per heavy atom. The first kappa shape index (κ1) is 17.0. The second-order valence-corrected chi connectivity index (χ2v) is 5.87. The van der Waals surface area contributed by atoms with E-state index >= 15 is 0 Å². The predicted octanol–water partition coefficient (Wildman–Crippen LogP) is 2.33. The zero-order valence-electron chi connectivity index (χ0n) is 12.6. The molecule has 122 valence electrons. The third-order valence-corrected chi connectivity index (χ3v) is 3.92. The van der Waals surface area contributed by atoms with Gasteiger partial charge >= 0.3 is 6.03 Å². The summed E-state index contributed by atoms with van der Waals surface area (Å²) in [5, 5.41) is 12.2. The Morgan fingerprint density at radius 3 is 2.95 bits per heavy atom. The van der Waals surface area contributed by atoms with Gasteiger partial charge in [-0.25, -0.2) is 9.18 Å². The molecule has 2 N–H and O–H groups in total. The molecule has 1 fully saturated rings. The average molecular weight is 331 g/mol. The van der Waals surface area contributed by atoms with Crippen molar-refractivity contribution in [2.45, 2.75) is 32.1 Å². The fourth-order valence-electron chi connectivity index (χ4n) is 2.58. The Labute approximate surface area is 134 Å². The predicted molar refractivity (Wildman–Crippen MR) is 81.4 cm³/mol. The Bertz CT molecular complexity index is 523. The van der Waals surface area contributed by atoms with Crippen molar-refractivity contribution in [2.75, 3.05) is 19.7 Å². The van der Waals surface area contributed by atoms with Crippen molar-refractivity contribution < 1.29 is 19.0 Å². The van der Waals surface area contributed by atoms with E-state index in [1.165, 1.54) is 12.1 Å². The molecule has 0 aromatic heterocycles. The maximum absolute atomic E-state index is 13.9. The minimum atomic E-state index is -0.563. The molecule has 1 aromatic carbocycles. The van der Waals surface area contributed by atoms with Crippen molar-refractivity contribution in [3.8, 4) is 0 Å². The molecule has 1 aliphatic heterocycles. The van der Waals surface area contributed by atoms with E-state index in [-0.39, 0.29) is 29.3 Å². The van der Waals surface area contributed by atoms with Crippen LogP contribution in [-0.2, 0) is 4.74 Å². The molecule has 0 saturated carbocycles. The minimum Gasteiger partial charge on any atom is -0.394 e. The number of benzene rings is 1.